The number of methoxy groups -OCH3 is 2. The van der Waals surface area contributed by atoms with E-state index in [4.69, 9.17) is 9.47 Å². The summed E-state index contributed by atoms with van der Waals surface area (Å²) in [5.74, 6) is 2.34. The van der Waals surface area contributed by atoms with Gasteiger partial charge in [0, 0.05) is 23.6 Å². The lowest BCUT2D eigenvalue weighted by Crippen LogP contribution is -1.98. The van der Waals surface area contributed by atoms with E-state index in [0.29, 0.717) is 0 Å². The normalized spacial score (nSPS) is 11.8. The predicted molar refractivity (Wildman–Crippen MR) is 94.4 cm³/mol. The van der Waals surface area contributed by atoms with E-state index in [1.165, 1.54) is 22.3 Å². The molecule has 0 unspecified atom stereocenters. The van der Waals surface area contributed by atoms with Crippen molar-refractivity contribution in [3.63, 3.8) is 0 Å². The SMILES string of the molecule is COc1ccc(OC)c(Nc2n[nH]c3c2Cc2ccc(C)cc2-3)c1. The van der Waals surface area contributed by atoms with Gasteiger partial charge in [-0.1, -0.05) is 17.7 Å². The lowest BCUT2D eigenvalue weighted by molar-refractivity contribution is 0.405. The van der Waals surface area contributed by atoms with Crippen molar-refractivity contribution < 1.29 is 9.47 Å². The van der Waals surface area contributed by atoms with Crippen molar-refractivity contribution in [1.82, 2.24) is 10.2 Å². The monoisotopic (exact) mass is 321 g/mol. The Morgan fingerprint density at radius 2 is 1.96 bits per heavy atom. The van der Waals surface area contributed by atoms with Crippen LogP contribution >= 0.6 is 0 Å². The third-order valence-corrected chi connectivity index (χ3v) is 4.43. The number of nitrogens with one attached hydrogen (secondary N) is 2. The lowest BCUT2D eigenvalue weighted by atomic mass is 10.1. The van der Waals surface area contributed by atoms with Gasteiger partial charge in [0.1, 0.15) is 11.5 Å². The second-order valence-corrected chi connectivity index (χ2v) is 5.95. The average molecular weight is 321 g/mol. The molecule has 122 valence electrons. The van der Waals surface area contributed by atoms with Gasteiger partial charge in [-0.25, -0.2) is 0 Å². The van der Waals surface area contributed by atoms with Crippen LogP contribution in [0.2, 0.25) is 0 Å². The molecule has 2 aromatic carbocycles. The van der Waals surface area contributed by atoms with E-state index in [1.54, 1.807) is 14.2 Å². The molecule has 1 aliphatic carbocycles. The molecule has 0 fully saturated rings. The summed E-state index contributed by atoms with van der Waals surface area (Å²) in [6.07, 6.45) is 0.871. The smallest absolute Gasteiger partial charge is 0.156 e. The minimum Gasteiger partial charge on any atom is -0.497 e. The fourth-order valence-electron chi connectivity index (χ4n) is 3.17. The zero-order valence-electron chi connectivity index (χ0n) is 13.9. The van der Waals surface area contributed by atoms with Crippen LogP contribution in [0.25, 0.3) is 11.3 Å². The summed E-state index contributed by atoms with van der Waals surface area (Å²) in [6.45, 7) is 2.11. The summed E-state index contributed by atoms with van der Waals surface area (Å²) in [6, 6.07) is 12.2. The van der Waals surface area contributed by atoms with Crippen LogP contribution in [-0.4, -0.2) is 24.4 Å². The first-order valence-corrected chi connectivity index (χ1v) is 7.86. The molecule has 5 heteroatoms. The third kappa shape index (κ3) is 2.29. The van der Waals surface area contributed by atoms with Crippen LogP contribution in [0.3, 0.4) is 0 Å². The van der Waals surface area contributed by atoms with Gasteiger partial charge in [0.05, 0.1) is 25.6 Å². The second kappa shape index (κ2) is 5.60. The van der Waals surface area contributed by atoms with Gasteiger partial charge in [-0.05, 0) is 30.7 Å². The van der Waals surface area contributed by atoms with Gasteiger partial charge in [0.2, 0.25) is 0 Å². The lowest BCUT2D eigenvalue weighted by Gasteiger charge is -2.11. The molecule has 0 radical (unpaired) electrons. The Labute approximate surface area is 140 Å². The van der Waals surface area contributed by atoms with Crippen LogP contribution in [0, 0.1) is 6.92 Å². The summed E-state index contributed by atoms with van der Waals surface area (Å²) in [7, 11) is 3.30. The van der Waals surface area contributed by atoms with Crippen LogP contribution < -0.4 is 14.8 Å². The zero-order chi connectivity index (χ0) is 16.7. The van der Waals surface area contributed by atoms with Crippen LogP contribution in [0.4, 0.5) is 11.5 Å². The molecular formula is C19H19N3O2. The summed E-state index contributed by atoms with van der Waals surface area (Å²) in [5.41, 5.74) is 6.92. The summed E-state index contributed by atoms with van der Waals surface area (Å²) < 4.78 is 10.7. The highest BCUT2D eigenvalue weighted by molar-refractivity contribution is 5.81. The number of nitrogens with zero attached hydrogens (tertiary/aromatic N) is 1. The molecule has 0 bridgehead atoms. The van der Waals surface area contributed by atoms with Crippen LogP contribution in [-0.2, 0) is 6.42 Å². The third-order valence-electron chi connectivity index (χ3n) is 4.43. The number of anilines is 2. The highest BCUT2D eigenvalue weighted by atomic mass is 16.5. The topological polar surface area (TPSA) is 59.2 Å². The minimum absolute atomic E-state index is 0.749. The van der Waals surface area contributed by atoms with E-state index in [-0.39, 0.29) is 0 Å². The van der Waals surface area contributed by atoms with E-state index in [2.05, 4.69) is 40.6 Å². The van der Waals surface area contributed by atoms with E-state index >= 15 is 0 Å². The van der Waals surface area contributed by atoms with Crippen molar-refractivity contribution in [1.29, 1.82) is 0 Å². The highest BCUT2D eigenvalue weighted by Gasteiger charge is 2.25. The van der Waals surface area contributed by atoms with Crippen molar-refractivity contribution in [2.75, 3.05) is 19.5 Å². The maximum Gasteiger partial charge on any atom is 0.156 e. The number of fused-ring (bicyclic) bond motifs is 3. The van der Waals surface area contributed by atoms with E-state index in [0.717, 1.165) is 35.1 Å². The van der Waals surface area contributed by atoms with Gasteiger partial charge < -0.3 is 14.8 Å². The average Bonchev–Trinajstić information content (AvgIpc) is 3.15. The molecule has 0 aliphatic heterocycles. The molecule has 0 atom stereocenters. The van der Waals surface area contributed by atoms with Gasteiger partial charge in [0.15, 0.2) is 5.82 Å². The Morgan fingerprint density at radius 1 is 1.08 bits per heavy atom. The van der Waals surface area contributed by atoms with Crippen molar-refractivity contribution in [2.24, 2.45) is 0 Å². The molecule has 1 aromatic heterocycles. The molecule has 4 rings (SSSR count). The summed E-state index contributed by atoms with van der Waals surface area (Å²) in [4.78, 5) is 0. The number of ether oxygens (including phenoxy) is 2. The maximum atomic E-state index is 5.43. The number of benzene rings is 2. The Morgan fingerprint density at radius 3 is 2.75 bits per heavy atom. The fourth-order valence-corrected chi connectivity index (χ4v) is 3.17. The Balaban J connectivity index is 1.71. The van der Waals surface area contributed by atoms with Crippen LogP contribution in [0.1, 0.15) is 16.7 Å². The summed E-state index contributed by atoms with van der Waals surface area (Å²) in [5, 5.41) is 11.0. The molecule has 5 nitrogen and oxygen atoms in total. The zero-order valence-corrected chi connectivity index (χ0v) is 13.9. The highest BCUT2D eigenvalue weighted by Crippen LogP contribution is 2.41. The second-order valence-electron chi connectivity index (χ2n) is 5.95. The number of H-pyrrole nitrogens is 1. The van der Waals surface area contributed by atoms with Crippen LogP contribution in [0.15, 0.2) is 36.4 Å². The number of hydrogen-bond acceptors (Lipinski definition) is 4. The molecule has 0 spiro atoms. The van der Waals surface area contributed by atoms with E-state index < -0.39 is 0 Å². The van der Waals surface area contributed by atoms with Gasteiger partial charge in [0.25, 0.3) is 0 Å². The maximum absolute atomic E-state index is 5.43. The first kappa shape index (κ1) is 14.6. The van der Waals surface area contributed by atoms with E-state index in [9.17, 15) is 0 Å². The Bertz CT molecular complexity index is 915. The van der Waals surface area contributed by atoms with E-state index in [1.807, 2.05) is 18.2 Å². The van der Waals surface area contributed by atoms with Gasteiger partial charge in [-0.15, -0.1) is 0 Å². The molecule has 0 saturated heterocycles. The first-order valence-electron chi connectivity index (χ1n) is 7.86. The van der Waals surface area contributed by atoms with Gasteiger partial charge in [-0.2, -0.15) is 5.10 Å². The molecule has 24 heavy (non-hydrogen) atoms. The Kier molecular flexibility index (Phi) is 3.41. The molecule has 3 aromatic rings. The Hall–Kier alpha value is -2.95. The minimum atomic E-state index is 0.749. The van der Waals surface area contributed by atoms with Crippen molar-refractivity contribution >= 4 is 11.5 Å². The molecule has 1 aliphatic rings. The number of aryl methyl sites for hydroxylation is 1. The van der Waals surface area contributed by atoms with Gasteiger partial charge >= 0.3 is 0 Å². The quantitative estimate of drug-likeness (QED) is 0.595. The molecule has 0 saturated carbocycles. The molecule has 1 heterocycles. The number of aromatic nitrogens is 2. The van der Waals surface area contributed by atoms with Crippen molar-refractivity contribution in [3.05, 3.63) is 53.1 Å². The number of hydrogen-bond donors (Lipinski definition) is 2. The van der Waals surface area contributed by atoms with Crippen molar-refractivity contribution in [3.8, 4) is 22.8 Å². The standard InChI is InChI=1S/C19H19N3O2/c1-11-4-5-12-9-15-18(14(12)8-11)21-22-19(15)20-16-10-13(23-2)6-7-17(16)24-3/h4-8,10H,9H2,1-3H3,(H2,20,21,22). The van der Waals surface area contributed by atoms with Crippen LogP contribution in [0.5, 0.6) is 11.5 Å². The fraction of sp³-hybridized carbons (Fsp3) is 0.211. The number of aromatic amines is 1. The first-order chi connectivity index (χ1) is 11.7. The predicted octanol–water partition coefficient (Wildman–Crippen LogP) is 4.05. The molecular weight excluding hydrogens is 302 g/mol. The molecule has 2 N–H and O–H groups in total. The summed E-state index contributed by atoms with van der Waals surface area (Å²) >= 11 is 0. The number of rotatable bonds is 4. The van der Waals surface area contributed by atoms with Crippen molar-refractivity contribution in [2.45, 2.75) is 13.3 Å². The largest absolute Gasteiger partial charge is 0.497 e. The molecule has 0 amide bonds. The van der Waals surface area contributed by atoms with Gasteiger partial charge in [-0.3, -0.25) is 5.10 Å².